The van der Waals surface area contributed by atoms with Gasteiger partial charge in [-0.25, -0.2) is 0 Å². The first-order valence-corrected chi connectivity index (χ1v) is 7.32. The number of benzene rings is 1. The van der Waals surface area contributed by atoms with E-state index in [-0.39, 0.29) is 24.8 Å². The highest BCUT2D eigenvalue weighted by Gasteiger charge is 2.16. The first-order valence-electron chi connectivity index (χ1n) is 5.53. The van der Waals surface area contributed by atoms with Gasteiger partial charge in [0.25, 0.3) is 0 Å². The van der Waals surface area contributed by atoms with Crippen molar-refractivity contribution in [2.45, 2.75) is 18.9 Å². The van der Waals surface area contributed by atoms with Gasteiger partial charge in [-0.05, 0) is 23.6 Å². The van der Waals surface area contributed by atoms with E-state index >= 15 is 0 Å². The Morgan fingerprint density at radius 1 is 1.37 bits per heavy atom. The Labute approximate surface area is 109 Å². The van der Waals surface area contributed by atoms with Gasteiger partial charge in [-0.2, -0.15) is 0 Å². The molecule has 1 atom stereocenters. The minimum atomic E-state index is -4.08. The fourth-order valence-electron chi connectivity index (χ4n) is 1.56. The number of carboxylic acids is 1. The predicted molar refractivity (Wildman–Crippen MR) is 68.0 cm³/mol. The third-order valence-electron chi connectivity index (χ3n) is 2.59. The van der Waals surface area contributed by atoms with Crippen molar-refractivity contribution in [3.8, 4) is 5.75 Å². The van der Waals surface area contributed by atoms with Gasteiger partial charge in [-0.1, -0.05) is 12.1 Å². The molecule has 1 aromatic rings. The van der Waals surface area contributed by atoms with Crippen molar-refractivity contribution in [2.75, 3.05) is 6.16 Å². The largest absolute Gasteiger partial charge is 0.508 e. The maximum Gasteiger partial charge on any atom is 0.325 e. The molecule has 0 amide bonds. The Hall–Kier alpha value is -1.40. The molecule has 19 heavy (non-hydrogen) atoms. The molecule has 0 aliphatic carbocycles. The van der Waals surface area contributed by atoms with E-state index in [4.69, 9.17) is 20.6 Å². The Bertz CT molecular complexity index is 512. The molecule has 0 saturated heterocycles. The van der Waals surface area contributed by atoms with E-state index in [0.29, 0.717) is 11.1 Å². The second-order valence-corrected chi connectivity index (χ2v) is 6.03. The summed E-state index contributed by atoms with van der Waals surface area (Å²) < 4.78 is 10.8. The molecule has 0 heterocycles. The number of aromatic hydroxyl groups is 1. The third-order valence-corrected chi connectivity index (χ3v) is 3.40. The molecular weight excluding hydrogens is 273 g/mol. The fourth-order valence-corrected chi connectivity index (χ4v) is 2.11. The smallest absolute Gasteiger partial charge is 0.325 e. The lowest BCUT2D eigenvalue weighted by Crippen LogP contribution is -2.32. The molecule has 6 N–H and O–H groups in total. The average Bonchev–Trinajstić information content (AvgIpc) is 2.28. The first-order chi connectivity index (χ1) is 8.69. The SMILES string of the molecule is N[C@@H](Cc1cc(CCP(=O)(O)O)ccc1O)C(=O)O. The van der Waals surface area contributed by atoms with Gasteiger partial charge in [-0.15, -0.1) is 0 Å². The van der Waals surface area contributed by atoms with E-state index in [2.05, 4.69) is 0 Å². The van der Waals surface area contributed by atoms with Crippen LogP contribution in [0.4, 0.5) is 0 Å². The average molecular weight is 289 g/mol. The van der Waals surface area contributed by atoms with E-state index in [1.165, 1.54) is 18.2 Å². The van der Waals surface area contributed by atoms with Crippen LogP contribution < -0.4 is 5.73 Å². The summed E-state index contributed by atoms with van der Waals surface area (Å²) in [6.07, 6.45) is -0.215. The summed E-state index contributed by atoms with van der Waals surface area (Å²) in [6, 6.07) is 3.26. The maximum atomic E-state index is 10.8. The minimum absolute atomic E-state index is 0.0507. The van der Waals surface area contributed by atoms with Gasteiger partial charge >= 0.3 is 13.6 Å². The topological polar surface area (TPSA) is 141 Å². The lowest BCUT2D eigenvalue weighted by Gasteiger charge is -2.11. The number of rotatable bonds is 6. The molecule has 1 aromatic carbocycles. The van der Waals surface area contributed by atoms with Crippen molar-refractivity contribution in [1.29, 1.82) is 0 Å². The Morgan fingerprint density at radius 2 is 2.00 bits per heavy atom. The molecule has 0 aliphatic rings. The zero-order valence-electron chi connectivity index (χ0n) is 10.1. The van der Waals surface area contributed by atoms with E-state index in [0.717, 1.165) is 0 Å². The van der Waals surface area contributed by atoms with Crippen molar-refractivity contribution in [3.63, 3.8) is 0 Å². The van der Waals surface area contributed by atoms with Gasteiger partial charge in [0, 0.05) is 6.42 Å². The van der Waals surface area contributed by atoms with E-state index in [1.807, 2.05) is 0 Å². The van der Waals surface area contributed by atoms with Crippen LogP contribution in [0.1, 0.15) is 11.1 Å². The van der Waals surface area contributed by atoms with Crippen LogP contribution in [0, 0.1) is 0 Å². The summed E-state index contributed by atoms with van der Waals surface area (Å²) in [6.45, 7) is 0. The van der Waals surface area contributed by atoms with Crippen LogP contribution in [-0.4, -0.2) is 38.2 Å². The predicted octanol–water partition coefficient (Wildman–Crippen LogP) is 0.0668. The van der Waals surface area contributed by atoms with Crippen molar-refractivity contribution in [2.24, 2.45) is 5.73 Å². The molecule has 0 aromatic heterocycles. The molecule has 106 valence electrons. The normalized spacial score (nSPS) is 13.2. The highest BCUT2D eigenvalue weighted by atomic mass is 31.2. The highest BCUT2D eigenvalue weighted by molar-refractivity contribution is 7.51. The van der Waals surface area contributed by atoms with Gasteiger partial charge in [0.05, 0.1) is 6.16 Å². The van der Waals surface area contributed by atoms with E-state index in [1.54, 1.807) is 0 Å². The van der Waals surface area contributed by atoms with Gasteiger partial charge < -0.3 is 25.7 Å². The molecule has 0 fully saturated rings. The number of phenolic OH excluding ortho intramolecular Hbond substituents is 1. The fraction of sp³-hybridized carbons (Fsp3) is 0.364. The van der Waals surface area contributed by atoms with Crippen molar-refractivity contribution in [1.82, 2.24) is 0 Å². The Balaban J connectivity index is 2.82. The molecule has 0 unspecified atom stereocenters. The number of hydrogen-bond donors (Lipinski definition) is 5. The number of nitrogens with two attached hydrogens (primary N) is 1. The van der Waals surface area contributed by atoms with Gasteiger partial charge in [0.1, 0.15) is 11.8 Å². The molecule has 8 heteroatoms. The van der Waals surface area contributed by atoms with Crippen LogP contribution >= 0.6 is 7.60 Å². The summed E-state index contributed by atoms with van der Waals surface area (Å²) >= 11 is 0. The van der Waals surface area contributed by atoms with E-state index < -0.39 is 19.6 Å². The molecule has 0 radical (unpaired) electrons. The second kappa shape index (κ2) is 6.16. The molecular formula is C11H16NO6P. The molecule has 0 saturated carbocycles. The molecule has 0 spiro atoms. The maximum absolute atomic E-state index is 10.8. The Kier molecular flexibility index (Phi) is 5.08. The second-order valence-electron chi connectivity index (χ2n) is 4.25. The van der Waals surface area contributed by atoms with Crippen LogP contribution in [0.5, 0.6) is 5.75 Å². The zero-order chi connectivity index (χ0) is 14.6. The van der Waals surface area contributed by atoms with Crippen molar-refractivity contribution >= 4 is 13.6 Å². The summed E-state index contributed by atoms with van der Waals surface area (Å²) in [5.74, 6) is -1.27. The summed E-state index contributed by atoms with van der Waals surface area (Å²) in [4.78, 5) is 28.2. The minimum Gasteiger partial charge on any atom is -0.508 e. The number of carbonyl (C=O) groups is 1. The van der Waals surface area contributed by atoms with Crippen molar-refractivity contribution < 1.29 is 29.4 Å². The van der Waals surface area contributed by atoms with Crippen LogP contribution in [-0.2, 0) is 22.2 Å². The zero-order valence-corrected chi connectivity index (χ0v) is 11.0. The van der Waals surface area contributed by atoms with Crippen molar-refractivity contribution in [3.05, 3.63) is 29.3 Å². The molecule has 0 bridgehead atoms. The lowest BCUT2D eigenvalue weighted by molar-refractivity contribution is -0.138. The molecule has 0 aliphatic heterocycles. The third kappa shape index (κ3) is 5.40. The number of aryl methyl sites for hydroxylation is 1. The highest BCUT2D eigenvalue weighted by Crippen LogP contribution is 2.35. The summed E-state index contributed by atoms with van der Waals surface area (Å²) in [5.41, 5.74) is 6.33. The number of hydrogen-bond acceptors (Lipinski definition) is 4. The van der Waals surface area contributed by atoms with Gasteiger partial charge in [0.2, 0.25) is 0 Å². The van der Waals surface area contributed by atoms with Crippen LogP contribution in [0.2, 0.25) is 0 Å². The standard InChI is InChI=1S/C11H16NO6P/c12-9(11(14)15)6-8-5-7(1-2-10(8)13)3-4-19(16,17)18/h1-2,5,9,13H,3-4,6,12H2,(H,14,15)(H2,16,17,18)/t9-/m0/s1. The number of carboxylic acid groups (broad SMARTS) is 1. The van der Waals surface area contributed by atoms with Crippen LogP contribution in [0.25, 0.3) is 0 Å². The Morgan fingerprint density at radius 3 is 2.53 bits per heavy atom. The van der Waals surface area contributed by atoms with Gasteiger partial charge in [0.15, 0.2) is 0 Å². The number of aliphatic carboxylic acids is 1. The summed E-state index contributed by atoms with van der Waals surface area (Å²) in [5, 5.41) is 18.3. The molecule has 1 rings (SSSR count). The lowest BCUT2D eigenvalue weighted by atomic mass is 10.0. The first kappa shape index (κ1) is 15.7. The monoisotopic (exact) mass is 289 g/mol. The quantitative estimate of drug-likeness (QED) is 0.466. The van der Waals surface area contributed by atoms with E-state index in [9.17, 15) is 14.5 Å². The van der Waals surface area contributed by atoms with Gasteiger partial charge in [-0.3, -0.25) is 9.36 Å². The van der Waals surface area contributed by atoms with Crippen LogP contribution in [0.3, 0.4) is 0 Å². The molecule has 7 nitrogen and oxygen atoms in total. The number of phenols is 1. The summed E-state index contributed by atoms with van der Waals surface area (Å²) in [7, 11) is -4.08. The van der Waals surface area contributed by atoms with Crippen LogP contribution in [0.15, 0.2) is 18.2 Å².